The fourth-order valence-corrected chi connectivity index (χ4v) is 2.07. The topological polar surface area (TPSA) is 75.9 Å². The van der Waals surface area contributed by atoms with Gasteiger partial charge < -0.3 is 5.32 Å². The molecule has 7 heteroatoms. The van der Waals surface area contributed by atoms with E-state index in [0.717, 1.165) is 5.56 Å². The molecule has 0 fully saturated rings. The van der Waals surface area contributed by atoms with Gasteiger partial charge in [-0.3, -0.25) is 19.4 Å². The third kappa shape index (κ3) is 5.31. The Labute approximate surface area is 124 Å². The molecule has 0 spiro atoms. The zero-order valence-corrected chi connectivity index (χ0v) is 12.3. The van der Waals surface area contributed by atoms with Gasteiger partial charge in [0.2, 0.25) is 5.91 Å². The van der Waals surface area contributed by atoms with Crippen molar-refractivity contribution >= 4 is 5.91 Å². The molecule has 2 rings (SSSR count). The molecule has 1 N–H and O–H groups in total. The smallest absolute Gasteiger partial charge is 0.234 e. The van der Waals surface area contributed by atoms with Crippen LogP contribution in [0.15, 0.2) is 37.2 Å². The standard InChI is InChI=1S/C14H20N6O/c1-12(7-20-11-16-10-17-20)18-14(21)9-19(2)8-13-3-5-15-6-4-13/h3-6,10-12H,7-9H2,1-2H3,(H,18,21)/t12-/m1/s1. The number of likely N-dealkylation sites (N-methyl/N-ethyl adjacent to an activating group) is 1. The van der Waals surface area contributed by atoms with E-state index in [0.29, 0.717) is 19.6 Å². The lowest BCUT2D eigenvalue weighted by atomic mass is 10.2. The van der Waals surface area contributed by atoms with Crippen LogP contribution in [0.3, 0.4) is 0 Å². The molecule has 0 bridgehead atoms. The zero-order chi connectivity index (χ0) is 15.1. The van der Waals surface area contributed by atoms with Crippen LogP contribution in [-0.2, 0) is 17.9 Å². The first-order valence-corrected chi connectivity index (χ1v) is 6.82. The summed E-state index contributed by atoms with van der Waals surface area (Å²) in [7, 11) is 1.92. The normalized spacial score (nSPS) is 12.3. The minimum atomic E-state index is -0.000767. The van der Waals surface area contributed by atoms with E-state index in [1.807, 2.05) is 31.0 Å². The number of pyridine rings is 1. The molecule has 0 saturated heterocycles. The molecular formula is C14H20N6O. The Morgan fingerprint density at radius 3 is 2.81 bits per heavy atom. The van der Waals surface area contributed by atoms with Crippen molar-refractivity contribution in [3.63, 3.8) is 0 Å². The maximum absolute atomic E-state index is 12.0. The summed E-state index contributed by atoms with van der Waals surface area (Å²) in [5.74, 6) is -0.000767. The van der Waals surface area contributed by atoms with Gasteiger partial charge in [0.15, 0.2) is 0 Å². The van der Waals surface area contributed by atoms with E-state index in [-0.39, 0.29) is 11.9 Å². The second kappa shape index (κ2) is 7.49. The quantitative estimate of drug-likeness (QED) is 0.793. The van der Waals surface area contributed by atoms with Gasteiger partial charge in [-0.25, -0.2) is 4.98 Å². The number of aromatic nitrogens is 4. The lowest BCUT2D eigenvalue weighted by Gasteiger charge is -2.19. The molecular weight excluding hydrogens is 268 g/mol. The fraction of sp³-hybridized carbons (Fsp3) is 0.429. The predicted octanol–water partition coefficient (Wildman–Crippen LogP) is 0.310. The van der Waals surface area contributed by atoms with Crippen molar-refractivity contribution in [3.8, 4) is 0 Å². The van der Waals surface area contributed by atoms with Gasteiger partial charge in [-0.05, 0) is 31.7 Å². The summed E-state index contributed by atoms with van der Waals surface area (Å²) in [5, 5.41) is 6.97. The summed E-state index contributed by atoms with van der Waals surface area (Å²) >= 11 is 0. The van der Waals surface area contributed by atoms with Crippen molar-refractivity contribution < 1.29 is 4.79 Å². The minimum Gasteiger partial charge on any atom is -0.351 e. The zero-order valence-electron chi connectivity index (χ0n) is 12.3. The van der Waals surface area contributed by atoms with Crippen LogP contribution < -0.4 is 5.32 Å². The van der Waals surface area contributed by atoms with Gasteiger partial charge in [0.25, 0.3) is 0 Å². The molecule has 7 nitrogen and oxygen atoms in total. The summed E-state index contributed by atoms with van der Waals surface area (Å²) in [5.41, 5.74) is 1.14. The number of hydrogen-bond donors (Lipinski definition) is 1. The third-order valence-corrected chi connectivity index (χ3v) is 2.95. The molecule has 0 aliphatic rings. The van der Waals surface area contributed by atoms with Crippen LogP contribution in [0.2, 0.25) is 0 Å². The monoisotopic (exact) mass is 288 g/mol. The maximum Gasteiger partial charge on any atom is 0.234 e. The molecule has 0 unspecified atom stereocenters. The van der Waals surface area contributed by atoms with E-state index >= 15 is 0 Å². The molecule has 1 amide bonds. The molecule has 21 heavy (non-hydrogen) atoms. The van der Waals surface area contributed by atoms with Crippen LogP contribution in [0.5, 0.6) is 0 Å². The van der Waals surface area contributed by atoms with Gasteiger partial charge in [0.1, 0.15) is 12.7 Å². The Morgan fingerprint density at radius 2 is 2.14 bits per heavy atom. The van der Waals surface area contributed by atoms with Gasteiger partial charge in [-0.2, -0.15) is 5.10 Å². The molecule has 2 aromatic rings. The summed E-state index contributed by atoms with van der Waals surface area (Å²) < 4.78 is 1.70. The van der Waals surface area contributed by atoms with Crippen LogP contribution in [0, 0.1) is 0 Å². The molecule has 0 aliphatic carbocycles. The first-order valence-electron chi connectivity index (χ1n) is 6.82. The molecule has 2 heterocycles. The molecule has 0 radical (unpaired) electrons. The Kier molecular flexibility index (Phi) is 5.39. The molecule has 0 saturated carbocycles. The predicted molar refractivity (Wildman–Crippen MR) is 78.2 cm³/mol. The second-order valence-corrected chi connectivity index (χ2v) is 5.11. The van der Waals surface area contributed by atoms with Crippen molar-refractivity contribution in [2.75, 3.05) is 13.6 Å². The number of carbonyl (C=O) groups excluding carboxylic acids is 1. The summed E-state index contributed by atoms with van der Waals surface area (Å²) in [6, 6.07) is 3.90. The maximum atomic E-state index is 12.0. The summed E-state index contributed by atoms with van der Waals surface area (Å²) in [6.07, 6.45) is 6.63. The highest BCUT2D eigenvalue weighted by atomic mass is 16.2. The molecule has 112 valence electrons. The second-order valence-electron chi connectivity index (χ2n) is 5.11. The molecule has 1 atom stereocenters. The highest BCUT2D eigenvalue weighted by molar-refractivity contribution is 5.78. The Hall–Kier alpha value is -2.28. The number of rotatable bonds is 7. The average Bonchev–Trinajstić information content (AvgIpc) is 2.91. The fourth-order valence-electron chi connectivity index (χ4n) is 2.07. The molecule has 2 aromatic heterocycles. The van der Waals surface area contributed by atoms with Crippen molar-refractivity contribution in [1.82, 2.24) is 30.0 Å². The highest BCUT2D eigenvalue weighted by Gasteiger charge is 2.11. The van der Waals surface area contributed by atoms with Crippen LogP contribution in [0.4, 0.5) is 0 Å². The van der Waals surface area contributed by atoms with Gasteiger partial charge in [-0.1, -0.05) is 0 Å². The molecule has 0 aliphatic heterocycles. The average molecular weight is 288 g/mol. The van der Waals surface area contributed by atoms with Crippen molar-refractivity contribution in [3.05, 3.63) is 42.7 Å². The van der Waals surface area contributed by atoms with E-state index in [1.54, 1.807) is 23.4 Å². The van der Waals surface area contributed by atoms with E-state index in [1.165, 1.54) is 6.33 Å². The number of hydrogen-bond acceptors (Lipinski definition) is 5. The Bertz CT molecular complexity index is 542. The lowest BCUT2D eigenvalue weighted by molar-refractivity contribution is -0.122. The third-order valence-electron chi connectivity index (χ3n) is 2.95. The number of carbonyl (C=O) groups is 1. The van der Waals surface area contributed by atoms with E-state index < -0.39 is 0 Å². The number of nitrogens with one attached hydrogen (secondary N) is 1. The van der Waals surface area contributed by atoms with Crippen LogP contribution >= 0.6 is 0 Å². The largest absolute Gasteiger partial charge is 0.351 e. The van der Waals surface area contributed by atoms with E-state index in [2.05, 4.69) is 20.4 Å². The number of amides is 1. The Balaban J connectivity index is 1.73. The van der Waals surface area contributed by atoms with Crippen molar-refractivity contribution in [1.29, 1.82) is 0 Å². The van der Waals surface area contributed by atoms with E-state index in [9.17, 15) is 4.79 Å². The van der Waals surface area contributed by atoms with E-state index in [4.69, 9.17) is 0 Å². The van der Waals surface area contributed by atoms with Crippen molar-refractivity contribution in [2.24, 2.45) is 0 Å². The Morgan fingerprint density at radius 1 is 1.38 bits per heavy atom. The van der Waals surface area contributed by atoms with Gasteiger partial charge in [0, 0.05) is 25.0 Å². The summed E-state index contributed by atoms with van der Waals surface area (Å²) in [4.78, 5) is 21.8. The van der Waals surface area contributed by atoms with Gasteiger partial charge >= 0.3 is 0 Å². The minimum absolute atomic E-state index is 0.000767. The highest BCUT2D eigenvalue weighted by Crippen LogP contribution is 2.00. The first-order chi connectivity index (χ1) is 10.1. The van der Waals surface area contributed by atoms with Gasteiger partial charge in [0.05, 0.1) is 13.1 Å². The lowest BCUT2D eigenvalue weighted by Crippen LogP contribution is -2.41. The van der Waals surface area contributed by atoms with Gasteiger partial charge in [-0.15, -0.1) is 0 Å². The van der Waals surface area contributed by atoms with Crippen LogP contribution in [0.1, 0.15) is 12.5 Å². The molecule has 0 aromatic carbocycles. The van der Waals surface area contributed by atoms with Crippen LogP contribution in [-0.4, -0.2) is 50.2 Å². The first kappa shape index (κ1) is 15.1. The SMILES string of the molecule is C[C@H](Cn1cncn1)NC(=O)CN(C)Cc1ccncc1. The number of nitrogens with zero attached hydrogens (tertiary/aromatic N) is 5. The summed E-state index contributed by atoms with van der Waals surface area (Å²) in [6.45, 7) is 3.62. The van der Waals surface area contributed by atoms with Crippen molar-refractivity contribution in [2.45, 2.75) is 26.1 Å². The van der Waals surface area contributed by atoms with Crippen LogP contribution in [0.25, 0.3) is 0 Å².